The van der Waals surface area contributed by atoms with Crippen LogP contribution in [0.15, 0.2) is 30.3 Å². The van der Waals surface area contributed by atoms with Crippen molar-refractivity contribution < 1.29 is 73.6 Å². The van der Waals surface area contributed by atoms with Crippen LogP contribution in [-0.4, -0.2) is 160 Å². The minimum Gasteiger partial charge on any atom is -0.388 e. The minimum absolute atomic E-state index is 0.0684. The van der Waals surface area contributed by atoms with Gasteiger partial charge in [0, 0.05) is 25.9 Å². The van der Waals surface area contributed by atoms with E-state index in [0.29, 0.717) is 0 Å². The number of aliphatic hydroxyl groups excluding tert-OH is 6. The Morgan fingerprint density at radius 2 is 1.20 bits per heavy atom. The third-order valence-corrected chi connectivity index (χ3v) is 9.00. The van der Waals surface area contributed by atoms with Crippen molar-refractivity contribution in [2.45, 2.75) is 126 Å². The van der Waals surface area contributed by atoms with Gasteiger partial charge in [0.2, 0.25) is 29.5 Å². The summed E-state index contributed by atoms with van der Waals surface area (Å²) in [5, 5.41) is 69.6. The second-order valence-electron chi connectivity index (χ2n) is 13.5. The average Bonchev–Trinajstić information content (AvgIpc) is 3.15. The number of imide groups is 1. The van der Waals surface area contributed by atoms with Gasteiger partial charge in [-0.25, -0.2) is 0 Å². The predicted octanol–water partition coefficient (Wildman–Crippen LogP) is -4.44. The molecule has 2 heterocycles. The molecular formula is C35H55N5O15. The monoisotopic (exact) mass is 785 g/mol. The fraction of sp³-hybridized carbons (Fsp3) is 0.686. The maximum atomic E-state index is 13.1. The van der Waals surface area contributed by atoms with Gasteiger partial charge in [-0.1, -0.05) is 30.3 Å². The van der Waals surface area contributed by atoms with Gasteiger partial charge in [-0.05, 0) is 38.7 Å². The average molecular weight is 786 g/mol. The van der Waals surface area contributed by atoms with Crippen LogP contribution in [0.25, 0.3) is 0 Å². The predicted molar refractivity (Wildman–Crippen MR) is 189 cm³/mol. The quantitative estimate of drug-likeness (QED) is 0.0556. The van der Waals surface area contributed by atoms with E-state index in [9.17, 15) is 54.6 Å². The molecular weight excluding hydrogens is 730 g/mol. The number of carbonyl (C=O) groups excluding carboxylic acids is 5. The summed E-state index contributed by atoms with van der Waals surface area (Å²) in [6, 6.07) is 6.78. The zero-order chi connectivity index (χ0) is 40.7. The summed E-state index contributed by atoms with van der Waals surface area (Å²) in [5.41, 5.74) is 6.76. The number of hydrogen-bond acceptors (Lipinski definition) is 16. The van der Waals surface area contributed by atoms with Crippen molar-refractivity contribution >= 4 is 29.5 Å². The molecule has 5 amide bonds. The van der Waals surface area contributed by atoms with Gasteiger partial charge in [-0.15, -0.1) is 0 Å². The first-order valence-corrected chi connectivity index (χ1v) is 18.2. The number of hydrogen-bond donors (Lipinski definition) is 11. The lowest BCUT2D eigenvalue weighted by atomic mass is 10.0. The Morgan fingerprint density at radius 3 is 1.75 bits per heavy atom. The second-order valence-corrected chi connectivity index (χ2v) is 13.5. The van der Waals surface area contributed by atoms with E-state index in [4.69, 9.17) is 24.7 Å². The summed E-state index contributed by atoms with van der Waals surface area (Å²) in [4.78, 5) is 63.3. The smallest absolute Gasteiger partial charge is 0.243 e. The molecule has 0 unspecified atom stereocenters. The number of unbranched alkanes of at least 4 members (excludes halogenated alkanes) is 1. The SMILES string of the molecule is C[C@@H]1O[C@@H](OCCNC(=O)C[C@H](NC(=O)CCCCC(=O)NC(=O)[C@@H](N)Cc2ccccc2)C(=O)NCCO[C@@H]2O[C@@H](C)[C@@H](O)[C@@H](O)[C@@H]2O)[C@@H](O)[C@H](O)[C@@H]1O. The zero-order valence-corrected chi connectivity index (χ0v) is 30.8. The van der Waals surface area contributed by atoms with E-state index in [2.05, 4.69) is 21.3 Å². The van der Waals surface area contributed by atoms with Crippen LogP contribution in [-0.2, 0) is 49.3 Å². The molecule has 310 valence electrons. The number of carbonyl (C=O) groups is 5. The second kappa shape index (κ2) is 22.8. The van der Waals surface area contributed by atoms with Crippen LogP contribution in [0, 0.1) is 0 Å². The molecule has 0 saturated carbocycles. The van der Waals surface area contributed by atoms with Crippen LogP contribution in [0.1, 0.15) is 51.5 Å². The van der Waals surface area contributed by atoms with Gasteiger partial charge in [-0.2, -0.15) is 0 Å². The number of nitrogens with one attached hydrogen (secondary N) is 4. The molecule has 3 rings (SSSR count). The van der Waals surface area contributed by atoms with Gasteiger partial charge >= 0.3 is 0 Å². The van der Waals surface area contributed by atoms with Crippen LogP contribution >= 0.6 is 0 Å². The lowest BCUT2D eigenvalue weighted by molar-refractivity contribution is -0.292. The molecule has 12 atom stereocenters. The van der Waals surface area contributed by atoms with Gasteiger partial charge in [0.05, 0.1) is 37.9 Å². The molecule has 20 nitrogen and oxygen atoms in total. The van der Waals surface area contributed by atoms with E-state index in [1.54, 1.807) is 0 Å². The minimum atomic E-state index is -1.56. The summed E-state index contributed by atoms with van der Waals surface area (Å²) >= 11 is 0. The van der Waals surface area contributed by atoms with Gasteiger partial charge < -0.3 is 71.3 Å². The van der Waals surface area contributed by atoms with Crippen LogP contribution in [0.3, 0.4) is 0 Å². The molecule has 0 radical (unpaired) electrons. The first-order chi connectivity index (χ1) is 26.1. The molecule has 55 heavy (non-hydrogen) atoms. The number of nitrogens with two attached hydrogens (primary N) is 1. The first kappa shape index (κ1) is 45.7. The van der Waals surface area contributed by atoms with Crippen LogP contribution < -0.4 is 27.0 Å². The molecule has 2 aliphatic rings. The summed E-state index contributed by atoms with van der Waals surface area (Å²) < 4.78 is 21.5. The fourth-order valence-corrected chi connectivity index (χ4v) is 5.70. The van der Waals surface area contributed by atoms with Crippen LogP contribution in [0.4, 0.5) is 0 Å². The maximum Gasteiger partial charge on any atom is 0.243 e. The first-order valence-electron chi connectivity index (χ1n) is 18.2. The van der Waals surface area contributed by atoms with Crippen LogP contribution in [0.2, 0.25) is 0 Å². The lowest BCUT2D eigenvalue weighted by Gasteiger charge is -2.38. The van der Waals surface area contributed by atoms with Crippen molar-refractivity contribution in [1.82, 2.24) is 21.3 Å². The highest BCUT2D eigenvalue weighted by Crippen LogP contribution is 2.22. The molecule has 12 N–H and O–H groups in total. The normalized spacial score (nSPS) is 29.0. The Morgan fingerprint density at radius 1 is 0.691 bits per heavy atom. The molecule has 0 spiro atoms. The summed E-state index contributed by atoms with van der Waals surface area (Å²) in [6.07, 6.45) is -13.0. The van der Waals surface area contributed by atoms with Gasteiger partial charge in [0.1, 0.15) is 42.7 Å². The van der Waals surface area contributed by atoms with E-state index < -0.39 is 109 Å². The number of amides is 5. The van der Waals surface area contributed by atoms with E-state index in [1.165, 1.54) is 13.8 Å². The molecule has 20 heteroatoms. The third kappa shape index (κ3) is 14.7. The molecule has 0 bridgehead atoms. The van der Waals surface area contributed by atoms with E-state index >= 15 is 0 Å². The summed E-state index contributed by atoms with van der Waals surface area (Å²) in [5.74, 6) is -3.22. The van der Waals surface area contributed by atoms with Gasteiger partial charge in [0.15, 0.2) is 12.6 Å². The number of benzene rings is 1. The number of aliphatic hydroxyl groups is 6. The maximum absolute atomic E-state index is 13.1. The Kier molecular flexibility index (Phi) is 18.9. The zero-order valence-electron chi connectivity index (χ0n) is 30.8. The molecule has 0 aromatic heterocycles. The number of rotatable bonds is 20. The van der Waals surface area contributed by atoms with E-state index in [1.807, 2.05) is 30.3 Å². The molecule has 1 aromatic carbocycles. The largest absolute Gasteiger partial charge is 0.388 e. The van der Waals surface area contributed by atoms with E-state index in [-0.39, 0.29) is 58.4 Å². The molecule has 0 aliphatic carbocycles. The van der Waals surface area contributed by atoms with Crippen molar-refractivity contribution in [3.8, 4) is 0 Å². The van der Waals surface area contributed by atoms with Gasteiger partial charge in [-0.3, -0.25) is 29.3 Å². The Bertz CT molecular complexity index is 1390. The summed E-state index contributed by atoms with van der Waals surface area (Å²) in [7, 11) is 0. The Hall–Kier alpha value is -3.67. The molecule has 2 aliphatic heterocycles. The highest BCUT2D eigenvalue weighted by atomic mass is 16.7. The van der Waals surface area contributed by atoms with Crippen molar-refractivity contribution in [3.63, 3.8) is 0 Å². The lowest BCUT2D eigenvalue weighted by Crippen LogP contribution is -2.57. The molecule has 2 saturated heterocycles. The number of ether oxygens (including phenoxy) is 4. The molecule has 1 aromatic rings. The molecule has 2 fully saturated rings. The van der Waals surface area contributed by atoms with Crippen molar-refractivity contribution in [2.75, 3.05) is 26.3 Å². The topological polar surface area (TPSA) is 318 Å². The van der Waals surface area contributed by atoms with Crippen LogP contribution in [0.5, 0.6) is 0 Å². The van der Waals surface area contributed by atoms with Gasteiger partial charge in [0.25, 0.3) is 0 Å². The fourth-order valence-electron chi connectivity index (χ4n) is 5.70. The van der Waals surface area contributed by atoms with Crippen molar-refractivity contribution in [3.05, 3.63) is 35.9 Å². The van der Waals surface area contributed by atoms with Crippen molar-refractivity contribution in [2.24, 2.45) is 5.73 Å². The highest BCUT2D eigenvalue weighted by molar-refractivity contribution is 5.97. The van der Waals surface area contributed by atoms with Crippen molar-refractivity contribution in [1.29, 1.82) is 0 Å². The van der Waals surface area contributed by atoms with E-state index in [0.717, 1.165) is 5.56 Å². The highest BCUT2D eigenvalue weighted by Gasteiger charge is 2.43. The summed E-state index contributed by atoms with van der Waals surface area (Å²) in [6.45, 7) is 2.29. The standard InChI is InChI=1S/C35H55N5O15/c1-18-26(44)28(46)30(48)34(54-18)52-14-12-37-25(43)17-22(33(51)38-13-15-53-35-31(49)29(47)27(45)19(2)55-35)39-23(41)10-6-7-11-24(42)40-32(50)21(36)16-20-8-4-3-5-9-20/h3-5,8-9,18-19,21-22,26-31,34-35,44-49H,6-7,10-17,36H2,1-2H3,(H,37,43)(H,38,51)(H,39,41)(H,40,42,50)/t18-,19-,21-,22-,26+,27+,28+,29+,30-,31-,34+,35+/m0/s1. The third-order valence-electron chi connectivity index (χ3n) is 9.00. The Labute approximate surface area is 318 Å². The Balaban J connectivity index is 1.45.